The molecule has 2 aromatic rings. The molecule has 1 heterocycles. The maximum absolute atomic E-state index is 10.8. The van der Waals surface area contributed by atoms with Gasteiger partial charge in [0.2, 0.25) is 0 Å². The number of hydrogen-bond donors (Lipinski definition) is 1. The molecule has 1 aromatic carbocycles. The first-order valence-electron chi connectivity index (χ1n) is 5.17. The van der Waals surface area contributed by atoms with Crippen molar-refractivity contribution in [1.82, 2.24) is 4.98 Å². The van der Waals surface area contributed by atoms with Crippen molar-refractivity contribution in [2.24, 2.45) is 0 Å². The average molecular weight is 291 g/mol. The van der Waals surface area contributed by atoms with Gasteiger partial charge in [-0.2, -0.15) is 5.26 Å². The molecule has 0 fully saturated rings. The summed E-state index contributed by atoms with van der Waals surface area (Å²) in [5.41, 5.74) is 0.463. The topological polar surface area (TPSA) is 74.0 Å². The van der Waals surface area contributed by atoms with Crippen LogP contribution in [-0.2, 0) is 0 Å². The Morgan fingerprint density at radius 1 is 1.37 bits per heavy atom. The van der Waals surface area contributed by atoms with Gasteiger partial charge in [-0.1, -0.05) is 23.4 Å². The van der Waals surface area contributed by atoms with Crippen molar-refractivity contribution in [2.45, 2.75) is 9.79 Å². The van der Waals surface area contributed by atoms with E-state index in [0.717, 1.165) is 9.79 Å². The highest BCUT2D eigenvalue weighted by atomic mass is 35.5. The molecule has 0 saturated heterocycles. The van der Waals surface area contributed by atoms with Gasteiger partial charge in [0.05, 0.1) is 16.7 Å². The van der Waals surface area contributed by atoms with E-state index in [4.69, 9.17) is 22.0 Å². The summed E-state index contributed by atoms with van der Waals surface area (Å²) in [6.45, 7) is 0. The quantitative estimate of drug-likeness (QED) is 0.937. The van der Waals surface area contributed by atoms with E-state index in [1.165, 1.54) is 24.0 Å². The minimum atomic E-state index is -1.08. The number of nitrogens with zero attached hydrogens (tertiary/aromatic N) is 2. The fourth-order valence-corrected chi connectivity index (χ4v) is 2.51. The van der Waals surface area contributed by atoms with Crippen LogP contribution in [0.3, 0.4) is 0 Å². The zero-order valence-corrected chi connectivity index (χ0v) is 11.1. The zero-order valence-electron chi connectivity index (χ0n) is 9.50. The number of aromatic carboxylic acids is 1. The molecular formula is C13H7ClN2O2S. The van der Waals surface area contributed by atoms with E-state index in [9.17, 15) is 4.79 Å². The first-order valence-corrected chi connectivity index (χ1v) is 6.36. The standard InChI is InChI=1S/C13H7ClN2O2S/c14-10-5-8(7-15)1-2-12(10)19-9-3-4-16-11(6-9)13(17)18/h1-6H,(H,17,18). The van der Waals surface area contributed by atoms with E-state index in [1.54, 1.807) is 24.3 Å². The van der Waals surface area contributed by atoms with Gasteiger partial charge in [0.1, 0.15) is 5.69 Å². The highest BCUT2D eigenvalue weighted by Crippen LogP contribution is 2.33. The molecule has 0 amide bonds. The minimum absolute atomic E-state index is 0.0187. The van der Waals surface area contributed by atoms with Gasteiger partial charge in [0, 0.05) is 16.0 Å². The first-order chi connectivity index (χ1) is 9.10. The number of nitriles is 1. The zero-order chi connectivity index (χ0) is 13.8. The fraction of sp³-hybridized carbons (Fsp3) is 0. The van der Waals surface area contributed by atoms with Crippen LogP contribution in [0.15, 0.2) is 46.3 Å². The van der Waals surface area contributed by atoms with Crippen molar-refractivity contribution in [3.8, 4) is 6.07 Å². The lowest BCUT2D eigenvalue weighted by Gasteiger charge is -2.04. The minimum Gasteiger partial charge on any atom is -0.477 e. The van der Waals surface area contributed by atoms with Crippen LogP contribution >= 0.6 is 23.4 Å². The summed E-state index contributed by atoms with van der Waals surface area (Å²) in [6.07, 6.45) is 1.43. The Hall–Kier alpha value is -2.03. The smallest absolute Gasteiger partial charge is 0.354 e. The van der Waals surface area contributed by atoms with Crippen molar-refractivity contribution in [3.05, 3.63) is 52.8 Å². The Morgan fingerprint density at radius 2 is 2.16 bits per heavy atom. The van der Waals surface area contributed by atoms with Crippen LogP contribution < -0.4 is 0 Å². The second kappa shape index (κ2) is 5.74. The predicted molar refractivity (Wildman–Crippen MR) is 71.5 cm³/mol. The van der Waals surface area contributed by atoms with Crippen molar-refractivity contribution >= 4 is 29.3 Å². The van der Waals surface area contributed by atoms with Crippen LogP contribution in [0.5, 0.6) is 0 Å². The predicted octanol–water partition coefficient (Wildman–Crippen LogP) is 3.46. The average Bonchev–Trinajstić information content (AvgIpc) is 2.41. The van der Waals surface area contributed by atoms with Crippen LogP contribution in [-0.4, -0.2) is 16.1 Å². The molecule has 6 heteroatoms. The van der Waals surface area contributed by atoms with Crippen molar-refractivity contribution in [3.63, 3.8) is 0 Å². The summed E-state index contributed by atoms with van der Waals surface area (Å²) in [6, 6.07) is 10.1. The lowest BCUT2D eigenvalue weighted by atomic mass is 10.2. The van der Waals surface area contributed by atoms with E-state index in [1.807, 2.05) is 6.07 Å². The Morgan fingerprint density at radius 3 is 2.79 bits per heavy atom. The van der Waals surface area contributed by atoms with Crippen molar-refractivity contribution < 1.29 is 9.90 Å². The van der Waals surface area contributed by atoms with Crippen LogP contribution in [0, 0.1) is 11.3 Å². The Kier molecular flexibility index (Phi) is 4.05. The van der Waals surface area contributed by atoms with Crippen LogP contribution in [0.4, 0.5) is 0 Å². The van der Waals surface area contributed by atoms with Gasteiger partial charge < -0.3 is 5.11 Å². The van der Waals surface area contributed by atoms with Gasteiger partial charge in [-0.3, -0.25) is 0 Å². The monoisotopic (exact) mass is 290 g/mol. The van der Waals surface area contributed by atoms with Gasteiger partial charge in [-0.25, -0.2) is 9.78 Å². The molecule has 0 aliphatic carbocycles. The normalized spacial score (nSPS) is 9.89. The molecule has 0 aliphatic heterocycles. The molecule has 0 unspecified atom stereocenters. The maximum atomic E-state index is 10.8. The molecule has 0 saturated carbocycles. The highest BCUT2D eigenvalue weighted by molar-refractivity contribution is 7.99. The van der Waals surface area contributed by atoms with Crippen LogP contribution in [0.1, 0.15) is 16.1 Å². The van der Waals surface area contributed by atoms with Gasteiger partial charge in [-0.05, 0) is 30.3 Å². The summed E-state index contributed by atoms with van der Waals surface area (Å²) < 4.78 is 0. The molecule has 0 spiro atoms. The highest BCUT2D eigenvalue weighted by Gasteiger charge is 2.08. The second-order valence-electron chi connectivity index (χ2n) is 3.54. The number of carboxylic acid groups (broad SMARTS) is 1. The van der Waals surface area contributed by atoms with Gasteiger partial charge >= 0.3 is 5.97 Å². The third-order valence-corrected chi connectivity index (χ3v) is 3.73. The molecule has 0 radical (unpaired) electrons. The van der Waals surface area contributed by atoms with Crippen molar-refractivity contribution in [1.29, 1.82) is 5.26 Å². The molecule has 2 rings (SSSR count). The first kappa shape index (κ1) is 13.4. The summed E-state index contributed by atoms with van der Waals surface area (Å²) in [5, 5.41) is 18.1. The van der Waals surface area contributed by atoms with Gasteiger partial charge in [0.25, 0.3) is 0 Å². The molecule has 0 aliphatic rings. The van der Waals surface area contributed by atoms with E-state index < -0.39 is 5.97 Å². The number of carboxylic acids is 1. The Labute approximate surface area is 118 Å². The molecule has 1 N–H and O–H groups in total. The number of pyridine rings is 1. The molecule has 0 atom stereocenters. The number of halogens is 1. The second-order valence-corrected chi connectivity index (χ2v) is 5.06. The fourth-order valence-electron chi connectivity index (χ4n) is 1.37. The lowest BCUT2D eigenvalue weighted by molar-refractivity contribution is 0.0690. The van der Waals surface area contributed by atoms with Crippen LogP contribution in [0.25, 0.3) is 0 Å². The number of rotatable bonds is 3. The molecular weight excluding hydrogens is 284 g/mol. The van der Waals surface area contributed by atoms with E-state index in [0.29, 0.717) is 10.6 Å². The Bertz CT molecular complexity index is 683. The largest absolute Gasteiger partial charge is 0.477 e. The molecule has 4 nitrogen and oxygen atoms in total. The van der Waals surface area contributed by atoms with E-state index in [2.05, 4.69) is 4.98 Å². The van der Waals surface area contributed by atoms with Gasteiger partial charge in [0.15, 0.2) is 0 Å². The molecule has 1 aromatic heterocycles. The lowest BCUT2D eigenvalue weighted by Crippen LogP contribution is -1.99. The Balaban J connectivity index is 2.29. The third kappa shape index (κ3) is 3.25. The molecule has 19 heavy (non-hydrogen) atoms. The summed E-state index contributed by atoms with van der Waals surface area (Å²) in [4.78, 5) is 16.0. The number of aromatic nitrogens is 1. The maximum Gasteiger partial charge on any atom is 0.354 e. The summed E-state index contributed by atoms with van der Waals surface area (Å²) in [7, 11) is 0. The number of carbonyl (C=O) groups is 1. The molecule has 0 bridgehead atoms. The SMILES string of the molecule is N#Cc1ccc(Sc2ccnc(C(=O)O)c2)c(Cl)c1. The van der Waals surface area contributed by atoms with Crippen molar-refractivity contribution in [2.75, 3.05) is 0 Å². The number of benzene rings is 1. The van der Waals surface area contributed by atoms with Crippen LogP contribution in [0.2, 0.25) is 5.02 Å². The van der Waals surface area contributed by atoms with Gasteiger partial charge in [-0.15, -0.1) is 0 Å². The molecule has 94 valence electrons. The summed E-state index contributed by atoms with van der Waals surface area (Å²) in [5.74, 6) is -1.08. The van der Waals surface area contributed by atoms with E-state index >= 15 is 0 Å². The summed E-state index contributed by atoms with van der Waals surface area (Å²) >= 11 is 7.38. The third-order valence-electron chi connectivity index (χ3n) is 2.24. The number of hydrogen-bond acceptors (Lipinski definition) is 4. The van der Waals surface area contributed by atoms with E-state index in [-0.39, 0.29) is 5.69 Å².